The predicted octanol–water partition coefficient (Wildman–Crippen LogP) is 2.85. The molecule has 0 aliphatic heterocycles. The highest BCUT2D eigenvalue weighted by Gasteiger charge is 2.04. The van der Waals surface area contributed by atoms with Crippen LogP contribution in [0.25, 0.3) is 10.2 Å². The Balaban J connectivity index is 1.76. The molecule has 3 rings (SSSR count). The van der Waals surface area contributed by atoms with Gasteiger partial charge in [0.1, 0.15) is 17.4 Å². The first kappa shape index (κ1) is 11.0. The molecule has 0 radical (unpaired) electrons. The molecule has 0 bridgehead atoms. The Hall–Kier alpha value is -2.14. The summed E-state index contributed by atoms with van der Waals surface area (Å²) in [4.78, 5) is 8.49. The smallest absolute Gasteiger partial charge is 0.140 e. The summed E-state index contributed by atoms with van der Waals surface area (Å²) in [5, 5.41) is 0.931. The van der Waals surface area contributed by atoms with Crippen molar-refractivity contribution in [1.29, 1.82) is 0 Å². The van der Waals surface area contributed by atoms with E-state index in [2.05, 4.69) is 9.97 Å². The van der Waals surface area contributed by atoms with E-state index in [0.717, 1.165) is 21.0 Å². The molecule has 2 N–H and O–H groups in total. The van der Waals surface area contributed by atoms with E-state index in [4.69, 9.17) is 10.5 Å². The molecule has 4 nitrogen and oxygen atoms in total. The van der Waals surface area contributed by atoms with Crippen LogP contribution in [-0.2, 0) is 6.61 Å². The second-order valence-electron chi connectivity index (χ2n) is 3.81. The van der Waals surface area contributed by atoms with Crippen LogP contribution in [0.3, 0.4) is 0 Å². The molecular formula is C13H11N3OS. The maximum absolute atomic E-state index is 5.69. The molecule has 5 heteroatoms. The third-order valence-electron chi connectivity index (χ3n) is 2.45. The van der Waals surface area contributed by atoms with E-state index < -0.39 is 0 Å². The van der Waals surface area contributed by atoms with Gasteiger partial charge in [-0.15, -0.1) is 11.3 Å². The number of fused-ring (bicyclic) bond motifs is 1. The zero-order valence-corrected chi connectivity index (χ0v) is 10.4. The Kier molecular flexibility index (Phi) is 2.82. The van der Waals surface area contributed by atoms with E-state index >= 15 is 0 Å². The Labute approximate surface area is 108 Å². The summed E-state index contributed by atoms with van der Waals surface area (Å²) < 4.78 is 6.77. The van der Waals surface area contributed by atoms with Crippen molar-refractivity contribution in [2.45, 2.75) is 6.61 Å². The van der Waals surface area contributed by atoms with Crippen LogP contribution in [-0.4, -0.2) is 9.97 Å². The number of rotatable bonds is 3. The number of hydrogen-bond acceptors (Lipinski definition) is 5. The number of nitrogens with zero attached hydrogens (tertiary/aromatic N) is 2. The number of pyridine rings is 1. The van der Waals surface area contributed by atoms with Crippen molar-refractivity contribution in [2.24, 2.45) is 0 Å². The zero-order valence-electron chi connectivity index (χ0n) is 9.54. The van der Waals surface area contributed by atoms with Crippen LogP contribution >= 0.6 is 11.3 Å². The second-order valence-corrected chi connectivity index (χ2v) is 4.93. The number of ether oxygens (including phenoxy) is 1. The van der Waals surface area contributed by atoms with Gasteiger partial charge < -0.3 is 10.5 Å². The highest BCUT2D eigenvalue weighted by Crippen LogP contribution is 2.22. The molecule has 0 saturated carbocycles. The minimum atomic E-state index is 0.447. The number of benzene rings is 1. The first-order chi connectivity index (χ1) is 8.81. The Morgan fingerprint density at radius 3 is 3.06 bits per heavy atom. The van der Waals surface area contributed by atoms with Crippen LogP contribution < -0.4 is 10.5 Å². The standard InChI is InChI=1S/C13H11N3OS/c14-9-2-1-3-10(6-9)17-8-13-16-11-7-15-5-4-12(11)18-13/h1-7H,8,14H2. The Morgan fingerprint density at radius 1 is 1.28 bits per heavy atom. The van der Waals surface area contributed by atoms with Crippen molar-refractivity contribution in [3.8, 4) is 5.75 Å². The largest absolute Gasteiger partial charge is 0.486 e. The van der Waals surface area contributed by atoms with Crippen molar-refractivity contribution in [1.82, 2.24) is 9.97 Å². The van der Waals surface area contributed by atoms with Crippen LogP contribution in [0.5, 0.6) is 5.75 Å². The summed E-state index contributed by atoms with van der Waals surface area (Å²) in [5.41, 5.74) is 7.29. The number of anilines is 1. The lowest BCUT2D eigenvalue weighted by molar-refractivity contribution is 0.306. The number of hydrogen-bond donors (Lipinski definition) is 1. The number of aromatic nitrogens is 2. The molecule has 3 aromatic rings. The molecule has 0 atom stereocenters. The predicted molar refractivity (Wildman–Crippen MR) is 72.6 cm³/mol. The van der Waals surface area contributed by atoms with Crippen LogP contribution in [0.1, 0.15) is 5.01 Å². The number of nitrogen functional groups attached to an aromatic ring is 1. The fourth-order valence-electron chi connectivity index (χ4n) is 1.64. The van der Waals surface area contributed by atoms with Gasteiger partial charge >= 0.3 is 0 Å². The maximum Gasteiger partial charge on any atom is 0.140 e. The van der Waals surface area contributed by atoms with Gasteiger partial charge in [0.05, 0.1) is 16.4 Å². The van der Waals surface area contributed by atoms with Crippen LogP contribution in [0, 0.1) is 0 Å². The van der Waals surface area contributed by atoms with Gasteiger partial charge in [-0.1, -0.05) is 6.07 Å². The monoisotopic (exact) mass is 257 g/mol. The van der Waals surface area contributed by atoms with Gasteiger partial charge in [0.15, 0.2) is 0 Å². The number of nitrogens with two attached hydrogens (primary N) is 1. The van der Waals surface area contributed by atoms with Gasteiger partial charge in [-0.3, -0.25) is 4.98 Å². The molecule has 0 fully saturated rings. The molecule has 0 amide bonds. The molecule has 0 aliphatic rings. The topological polar surface area (TPSA) is 61.0 Å². The highest BCUT2D eigenvalue weighted by molar-refractivity contribution is 7.18. The molecule has 2 heterocycles. The molecule has 0 saturated heterocycles. The SMILES string of the molecule is Nc1cccc(OCc2nc3cnccc3s2)c1. The quantitative estimate of drug-likeness (QED) is 0.733. The van der Waals surface area contributed by atoms with Gasteiger partial charge in [0.2, 0.25) is 0 Å². The summed E-state index contributed by atoms with van der Waals surface area (Å²) in [6.07, 6.45) is 3.53. The molecule has 1 aromatic carbocycles. The summed E-state index contributed by atoms with van der Waals surface area (Å²) in [6, 6.07) is 9.33. The van der Waals surface area contributed by atoms with E-state index in [-0.39, 0.29) is 0 Å². The summed E-state index contributed by atoms with van der Waals surface area (Å²) in [5.74, 6) is 0.757. The third kappa shape index (κ3) is 2.26. The lowest BCUT2D eigenvalue weighted by Crippen LogP contribution is -1.95. The molecule has 2 aromatic heterocycles. The van der Waals surface area contributed by atoms with Gasteiger partial charge in [-0.25, -0.2) is 4.98 Å². The fourth-order valence-corrected chi connectivity index (χ4v) is 2.49. The second kappa shape index (κ2) is 4.62. The van der Waals surface area contributed by atoms with Gasteiger partial charge in [0, 0.05) is 18.0 Å². The summed E-state index contributed by atoms with van der Waals surface area (Å²) in [7, 11) is 0. The molecule has 90 valence electrons. The Bertz CT molecular complexity index is 648. The van der Waals surface area contributed by atoms with Crippen LogP contribution in [0.15, 0.2) is 42.7 Å². The van der Waals surface area contributed by atoms with Gasteiger partial charge in [0.25, 0.3) is 0 Å². The van der Waals surface area contributed by atoms with Crippen molar-refractivity contribution >= 4 is 27.2 Å². The van der Waals surface area contributed by atoms with Crippen molar-refractivity contribution < 1.29 is 4.74 Å². The van der Waals surface area contributed by atoms with E-state index in [0.29, 0.717) is 12.3 Å². The molecular weight excluding hydrogens is 246 g/mol. The van der Waals surface area contributed by atoms with Gasteiger partial charge in [-0.05, 0) is 18.2 Å². The summed E-state index contributed by atoms with van der Waals surface area (Å²) in [6.45, 7) is 0.447. The average molecular weight is 257 g/mol. The minimum absolute atomic E-state index is 0.447. The lowest BCUT2D eigenvalue weighted by Gasteiger charge is -2.03. The Morgan fingerprint density at radius 2 is 2.22 bits per heavy atom. The van der Waals surface area contributed by atoms with Crippen molar-refractivity contribution in [3.05, 3.63) is 47.7 Å². The van der Waals surface area contributed by atoms with Crippen molar-refractivity contribution in [3.63, 3.8) is 0 Å². The zero-order chi connectivity index (χ0) is 12.4. The lowest BCUT2D eigenvalue weighted by atomic mass is 10.3. The third-order valence-corrected chi connectivity index (χ3v) is 3.46. The molecule has 0 spiro atoms. The number of thiazole rings is 1. The first-order valence-corrected chi connectivity index (χ1v) is 6.31. The molecule has 0 unspecified atom stereocenters. The van der Waals surface area contributed by atoms with E-state index in [1.165, 1.54) is 0 Å². The summed E-state index contributed by atoms with van der Waals surface area (Å²) >= 11 is 1.61. The average Bonchev–Trinajstić information content (AvgIpc) is 2.79. The maximum atomic E-state index is 5.69. The minimum Gasteiger partial charge on any atom is -0.486 e. The van der Waals surface area contributed by atoms with Crippen LogP contribution in [0.4, 0.5) is 5.69 Å². The van der Waals surface area contributed by atoms with Crippen LogP contribution in [0.2, 0.25) is 0 Å². The van der Waals surface area contributed by atoms with E-state index in [9.17, 15) is 0 Å². The van der Waals surface area contributed by atoms with E-state index in [1.807, 2.05) is 24.3 Å². The van der Waals surface area contributed by atoms with E-state index in [1.54, 1.807) is 29.8 Å². The fraction of sp³-hybridized carbons (Fsp3) is 0.0769. The van der Waals surface area contributed by atoms with Crippen molar-refractivity contribution in [2.75, 3.05) is 5.73 Å². The molecule has 0 aliphatic carbocycles. The van der Waals surface area contributed by atoms with Gasteiger partial charge in [-0.2, -0.15) is 0 Å². The highest BCUT2D eigenvalue weighted by atomic mass is 32.1. The molecule has 18 heavy (non-hydrogen) atoms. The normalized spacial score (nSPS) is 10.7. The first-order valence-electron chi connectivity index (χ1n) is 5.49.